The maximum Gasteiger partial charge on any atom is 0.159 e. The van der Waals surface area contributed by atoms with Crippen molar-refractivity contribution in [2.75, 3.05) is 6.54 Å². The number of benzene rings is 1. The van der Waals surface area contributed by atoms with E-state index >= 15 is 0 Å². The van der Waals surface area contributed by atoms with Gasteiger partial charge in [-0.2, -0.15) is 0 Å². The standard InChI is InChI=1S/C14H21F2NO/c1-4-7-14(2,3)17-9-13(18)10-5-6-11(15)12(16)8-10/h5-6,8,13,17-18H,4,7,9H2,1-3H3. The minimum Gasteiger partial charge on any atom is -0.387 e. The van der Waals surface area contributed by atoms with Gasteiger partial charge in [0, 0.05) is 12.1 Å². The summed E-state index contributed by atoms with van der Waals surface area (Å²) >= 11 is 0. The van der Waals surface area contributed by atoms with Crippen molar-refractivity contribution in [3.63, 3.8) is 0 Å². The largest absolute Gasteiger partial charge is 0.387 e. The van der Waals surface area contributed by atoms with Crippen LogP contribution in [-0.2, 0) is 0 Å². The van der Waals surface area contributed by atoms with E-state index in [1.54, 1.807) is 0 Å². The summed E-state index contributed by atoms with van der Waals surface area (Å²) in [5, 5.41) is 13.1. The fraction of sp³-hybridized carbons (Fsp3) is 0.571. The van der Waals surface area contributed by atoms with Gasteiger partial charge in [0.25, 0.3) is 0 Å². The van der Waals surface area contributed by atoms with Gasteiger partial charge in [0.15, 0.2) is 11.6 Å². The molecular weight excluding hydrogens is 236 g/mol. The van der Waals surface area contributed by atoms with E-state index < -0.39 is 17.7 Å². The lowest BCUT2D eigenvalue weighted by Gasteiger charge is -2.27. The monoisotopic (exact) mass is 257 g/mol. The molecule has 0 fully saturated rings. The third kappa shape index (κ3) is 4.35. The zero-order chi connectivity index (χ0) is 13.8. The first-order valence-electron chi connectivity index (χ1n) is 6.24. The lowest BCUT2D eigenvalue weighted by atomic mass is 9.98. The molecule has 0 saturated heterocycles. The SMILES string of the molecule is CCCC(C)(C)NCC(O)c1ccc(F)c(F)c1. The van der Waals surface area contributed by atoms with Crippen LogP contribution in [0.25, 0.3) is 0 Å². The molecule has 1 aromatic carbocycles. The van der Waals surface area contributed by atoms with Crippen LogP contribution in [0.3, 0.4) is 0 Å². The van der Waals surface area contributed by atoms with Crippen molar-refractivity contribution >= 4 is 0 Å². The van der Waals surface area contributed by atoms with Crippen LogP contribution in [0.1, 0.15) is 45.3 Å². The van der Waals surface area contributed by atoms with Crippen LogP contribution in [-0.4, -0.2) is 17.2 Å². The second-order valence-electron chi connectivity index (χ2n) is 5.20. The smallest absolute Gasteiger partial charge is 0.159 e. The average molecular weight is 257 g/mol. The highest BCUT2D eigenvalue weighted by Gasteiger charge is 2.18. The van der Waals surface area contributed by atoms with E-state index in [9.17, 15) is 13.9 Å². The van der Waals surface area contributed by atoms with Gasteiger partial charge in [-0.3, -0.25) is 0 Å². The lowest BCUT2D eigenvalue weighted by Crippen LogP contribution is -2.41. The first kappa shape index (κ1) is 15.1. The van der Waals surface area contributed by atoms with Crippen LogP contribution in [0.4, 0.5) is 8.78 Å². The Bertz CT molecular complexity index is 393. The van der Waals surface area contributed by atoms with Crippen molar-refractivity contribution < 1.29 is 13.9 Å². The molecule has 0 radical (unpaired) electrons. The molecule has 1 aromatic rings. The van der Waals surface area contributed by atoms with Gasteiger partial charge in [-0.05, 0) is 38.0 Å². The Hall–Kier alpha value is -1.00. The van der Waals surface area contributed by atoms with Gasteiger partial charge in [0.05, 0.1) is 6.10 Å². The van der Waals surface area contributed by atoms with Crippen molar-refractivity contribution in [3.8, 4) is 0 Å². The van der Waals surface area contributed by atoms with Crippen molar-refractivity contribution in [1.82, 2.24) is 5.32 Å². The molecule has 0 aliphatic heterocycles. The summed E-state index contributed by atoms with van der Waals surface area (Å²) in [5.41, 5.74) is 0.308. The molecule has 0 bridgehead atoms. The van der Waals surface area contributed by atoms with Crippen LogP contribution in [0.15, 0.2) is 18.2 Å². The third-order valence-electron chi connectivity index (χ3n) is 2.98. The Kier molecular flexibility index (Phi) is 5.23. The van der Waals surface area contributed by atoms with Crippen molar-refractivity contribution in [2.45, 2.75) is 45.3 Å². The molecule has 2 nitrogen and oxygen atoms in total. The minimum absolute atomic E-state index is 0.0751. The molecule has 0 heterocycles. The van der Waals surface area contributed by atoms with E-state index in [1.165, 1.54) is 6.07 Å². The summed E-state index contributed by atoms with van der Waals surface area (Å²) in [4.78, 5) is 0. The molecular formula is C14H21F2NO. The number of hydrogen-bond acceptors (Lipinski definition) is 2. The Labute approximate surface area is 107 Å². The summed E-state index contributed by atoms with van der Waals surface area (Å²) < 4.78 is 25.8. The summed E-state index contributed by atoms with van der Waals surface area (Å²) in [6.45, 7) is 6.51. The van der Waals surface area contributed by atoms with Crippen LogP contribution < -0.4 is 5.32 Å². The fourth-order valence-electron chi connectivity index (χ4n) is 1.92. The van der Waals surface area contributed by atoms with Gasteiger partial charge in [-0.1, -0.05) is 19.4 Å². The van der Waals surface area contributed by atoms with Crippen LogP contribution in [0, 0.1) is 11.6 Å². The highest BCUT2D eigenvalue weighted by molar-refractivity contribution is 5.20. The van der Waals surface area contributed by atoms with Gasteiger partial charge in [0.1, 0.15) is 0 Å². The first-order chi connectivity index (χ1) is 8.35. The van der Waals surface area contributed by atoms with Crippen LogP contribution in [0.5, 0.6) is 0 Å². The van der Waals surface area contributed by atoms with E-state index in [1.807, 2.05) is 0 Å². The number of nitrogens with one attached hydrogen (secondary N) is 1. The second kappa shape index (κ2) is 6.25. The Morgan fingerprint density at radius 2 is 1.94 bits per heavy atom. The number of aliphatic hydroxyl groups is 1. The zero-order valence-corrected chi connectivity index (χ0v) is 11.1. The number of halogens is 2. The van der Waals surface area contributed by atoms with E-state index in [4.69, 9.17) is 0 Å². The summed E-state index contributed by atoms with van der Waals surface area (Å²) in [5.74, 6) is -1.83. The molecule has 0 amide bonds. The average Bonchev–Trinajstić information content (AvgIpc) is 2.30. The Morgan fingerprint density at radius 1 is 1.28 bits per heavy atom. The molecule has 18 heavy (non-hydrogen) atoms. The fourth-order valence-corrected chi connectivity index (χ4v) is 1.92. The number of β-amino-alcohol motifs (C(OH)–C–C–N with tert-alkyl or cyclic N) is 1. The summed E-state index contributed by atoms with van der Waals surface area (Å²) in [6.07, 6.45) is 1.19. The minimum atomic E-state index is -0.931. The number of rotatable bonds is 6. The molecule has 0 aromatic heterocycles. The molecule has 0 saturated carbocycles. The van der Waals surface area contributed by atoms with E-state index in [0.717, 1.165) is 25.0 Å². The molecule has 1 atom stereocenters. The predicted molar refractivity (Wildman–Crippen MR) is 68.3 cm³/mol. The lowest BCUT2D eigenvalue weighted by molar-refractivity contribution is 0.158. The predicted octanol–water partition coefficient (Wildman–Crippen LogP) is 3.17. The molecule has 4 heteroatoms. The second-order valence-corrected chi connectivity index (χ2v) is 5.20. The maximum atomic E-state index is 13.0. The molecule has 1 unspecified atom stereocenters. The van der Waals surface area contributed by atoms with Crippen LogP contribution >= 0.6 is 0 Å². The first-order valence-corrected chi connectivity index (χ1v) is 6.24. The number of hydrogen-bond donors (Lipinski definition) is 2. The quantitative estimate of drug-likeness (QED) is 0.820. The van der Waals surface area contributed by atoms with E-state index in [0.29, 0.717) is 12.1 Å². The molecule has 0 spiro atoms. The normalized spacial score (nSPS) is 13.7. The summed E-state index contributed by atoms with van der Waals surface area (Å²) in [7, 11) is 0. The highest BCUT2D eigenvalue weighted by atomic mass is 19.2. The zero-order valence-electron chi connectivity index (χ0n) is 11.1. The van der Waals surface area contributed by atoms with E-state index in [-0.39, 0.29) is 5.54 Å². The molecule has 102 valence electrons. The third-order valence-corrected chi connectivity index (χ3v) is 2.98. The highest BCUT2D eigenvalue weighted by Crippen LogP contribution is 2.17. The number of aliphatic hydroxyl groups excluding tert-OH is 1. The van der Waals surface area contributed by atoms with Crippen molar-refractivity contribution in [2.24, 2.45) is 0 Å². The van der Waals surface area contributed by atoms with Gasteiger partial charge < -0.3 is 10.4 Å². The van der Waals surface area contributed by atoms with Crippen LogP contribution in [0.2, 0.25) is 0 Å². The Balaban J connectivity index is 2.60. The maximum absolute atomic E-state index is 13.0. The molecule has 0 aliphatic rings. The Morgan fingerprint density at radius 3 is 2.50 bits per heavy atom. The molecule has 2 N–H and O–H groups in total. The molecule has 1 rings (SSSR count). The topological polar surface area (TPSA) is 32.3 Å². The van der Waals surface area contributed by atoms with Gasteiger partial charge in [-0.15, -0.1) is 0 Å². The van der Waals surface area contributed by atoms with Gasteiger partial charge in [-0.25, -0.2) is 8.78 Å². The van der Waals surface area contributed by atoms with Crippen molar-refractivity contribution in [1.29, 1.82) is 0 Å². The summed E-state index contributed by atoms with van der Waals surface area (Å²) in [6, 6.07) is 3.47. The van der Waals surface area contributed by atoms with Gasteiger partial charge >= 0.3 is 0 Å². The van der Waals surface area contributed by atoms with Crippen molar-refractivity contribution in [3.05, 3.63) is 35.4 Å². The molecule has 0 aliphatic carbocycles. The van der Waals surface area contributed by atoms with E-state index in [2.05, 4.69) is 26.1 Å². The van der Waals surface area contributed by atoms with Gasteiger partial charge in [0.2, 0.25) is 0 Å².